The summed E-state index contributed by atoms with van der Waals surface area (Å²) in [4.78, 5) is 47.6. The number of aliphatic hydroxyl groups is 6. The number of hydrogen-bond acceptors (Lipinski definition) is 14. The Kier molecular flexibility index (Phi) is 18.0. The fourth-order valence-electron chi connectivity index (χ4n) is 5.15. The molecule has 4 amide bonds. The Balaban J connectivity index is 1.60. The molecule has 2 fully saturated rings. The van der Waals surface area contributed by atoms with E-state index in [0.717, 1.165) is 0 Å². The van der Waals surface area contributed by atoms with E-state index in [1.54, 1.807) is 6.92 Å². The number of hydrogen-bond donors (Lipinski definition) is 10. The van der Waals surface area contributed by atoms with Gasteiger partial charge in [-0.3, -0.25) is 19.2 Å². The minimum atomic E-state index is -1.41. The topological polar surface area (TPSA) is 275 Å². The first kappa shape index (κ1) is 40.7. The Morgan fingerprint density at radius 2 is 1.11 bits per heavy atom. The molecule has 2 saturated heterocycles. The molecule has 0 aromatic carbocycles. The van der Waals surface area contributed by atoms with E-state index in [9.17, 15) is 49.8 Å². The summed E-state index contributed by atoms with van der Waals surface area (Å²) in [5.41, 5.74) is 0. The normalized spacial score (nSPS) is 31.4. The van der Waals surface area contributed by atoms with Crippen LogP contribution in [0.5, 0.6) is 0 Å². The first-order valence-corrected chi connectivity index (χ1v) is 15.9. The second-order valence-corrected chi connectivity index (χ2v) is 11.8. The van der Waals surface area contributed by atoms with Gasteiger partial charge in [-0.1, -0.05) is 0 Å². The fraction of sp³-hybridized carbons (Fsp3) is 0.862. The summed E-state index contributed by atoms with van der Waals surface area (Å²) in [6.07, 6.45) is -7.81. The summed E-state index contributed by atoms with van der Waals surface area (Å²) in [5.74, 6) is -1.37. The molecule has 0 bridgehead atoms. The number of carbonyl (C=O) groups excluding carboxylic acids is 4. The Labute approximate surface area is 273 Å². The first-order valence-electron chi connectivity index (χ1n) is 15.9. The summed E-state index contributed by atoms with van der Waals surface area (Å²) in [6.45, 7) is 3.60. The number of amides is 4. The van der Waals surface area contributed by atoms with Gasteiger partial charge in [0.25, 0.3) is 0 Å². The average molecular weight is 681 g/mol. The smallest absolute Gasteiger partial charge is 0.220 e. The number of nitrogens with one attached hydrogen (secondary N) is 4. The minimum Gasteiger partial charge on any atom is -0.394 e. The van der Waals surface area contributed by atoms with E-state index in [2.05, 4.69) is 21.3 Å². The van der Waals surface area contributed by atoms with Crippen LogP contribution in [0.4, 0.5) is 0 Å². The second kappa shape index (κ2) is 20.8. The Hall–Kier alpha value is -2.52. The highest BCUT2D eigenvalue weighted by Gasteiger charge is 2.46. The van der Waals surface area contributed by atoms with E-state index in [0.29, 0.717) is 25.7 Å². The van der Waals surface area contributed by atoms with Crippen LogP contribution in [0.3, 0.4) is 0 Å². The minimum absolute atomic E-state index is 0.128. The molecular weight excluding hydrogens is 628 g/mol. The largest absolute Gasteiger partial charge is 0.394 e. The SMILES string of the molecule is CC(=O)NC1C(O)[C@@H](O)C(CO)O[C@H]1OCCCCC(=O)NCC(C)NC(=O)CCCCO[C@@H]1OC(CO)[C@H](O)C(O)C1NC(C)=O. The van der Waals surface area contributed by atoms with E-state index in [1.165, 1.54) is 13.8 Å². The lowest BCUT2D eigenvalue weighted by atomic mass is 9.97. The second-order valence-electron chi connectivity index (χ2n) is 11.8. The van der Waals surface area contributed by atoms with Crippen molar-refractivity contribution in [3.8, 4) is 0 Å². The molecule has 2 heterocycles. The Morgan fingerprint density at radius 1 is 0.681 bits per heavy atom. The van der Waals surface area contributed by atoms with Crippen molar-refractivity contribution in [1.29, 1.82) is 0 Å². The standard InChI is InChI=1S/C29H52N4O14/c1-15(31-21(39)9-5-7-11-45-29-23(33-17(3)37)27(43)25(41)19(14-35)47-29)12-30-20(38)8-4-6-10-44-28-22(32-16(2)36)26(42)24(40)18(13-34)46-28/h15,18-19,22-29,34-35,40-43H,4-14H2,1-3H3,(H,30,38)(H,31,39)(H,32,36)(H,33,37)/t15?,18?,19?,22?,23?,24-,25-,26?,27?,28+,29+/m0/s1. The monoisotopic (exact) mass is 680 g/mol. The average Bonchev–Trinajstić information content (AvgIpc) is 3.01. The highest BCUT2D eigenvalue weighted by molar-refractivity contribution is 5.77. The highest BCUT2D eigenvalue weighted by Crippen LogP contribution is 2.24. The summed E-state index contributed by atoms with van der Waals surface area (Å²) < 4.78 is 22.2. The maximum atomic E-state index is 12.3. The van der Waals surface area contributed by atoms with Crippen LogP contribution in [0, 0.1) is 0 Å². The van der Waals surface area contributed by atoms with Gasteiger partial charge in [0.1, 0.15) is 48.7 Å². The van der Waals surface area contributed by atoms with Crippen molar-refractivity contribution < 1.29 is 68.8 Å². The molecule has 272 valence electrons. The van der Waals surface area contributed by atoms with Crippen molar-refractivity contribution in [2.75, 3.05) is 33.0 Å². The van der Waals surface area contributed by atoms with E-state index in [1.807, 2.05) is 0 Å². The van der Waals surface area contributed by atoms with Crippen LogP contribution in [0.25, 0.3) is 0 Å². The molecular formula is C29H52N4O14. The molecule has 0 spiro atoms. The molecule has 0 aromatic heterocycles. The van der Waals surface area contributed by atoms with Crippen molar-refractivity contribution >= 4 is 23.6 Å². The highest BCUT2D eigenvalue weighted by atomic mass is 16.7. The van der Waals surface area contributed by atoms with E-state index in [-0.39, 0.29) is 50.5 Å². The predicted octanol–water partition coefficient (Wildman–Crippen LogP) is -4.13. The zero-order valence-corrected chi connectivity index (χ0v) is 27.1. The van der Waals surface area contributed by atoms with Crippen LogP contribution in [0.2, 0.25) is 0 Å². The molecule has 0 aromatic rings. The third kappa shape index (κ3) is 13.5. The summed E-state index contributed by atoms with van der Waals surface area (Å²) >= 11 is 0. The molecule has 0 saturated carbocycles. The van der Waals surface area contributed by atoms with Gasteiger partial charge in [0, 0.05) is 52.5 Å². The predicted molar refractivity (Wildman–Crippen MR) is 161 cm³/mol. The van der Waals surface area contributed by atoms with Gasteiger partial charge < -0.3 is 70.9 Å². The van der Waals surface area contributed by atoms with E-state index < -0.39 is 86.3 Å². The quantitative estimate of drug-likeness (QED) is 0.0581. The lowest BCUT2D eigenvalue weighted by Gasteiger charge is -2.42. The van der Waals surface area contributed by atoms with Gasteiger partial charge in [0.05, 0.1) is 13.2 Å². The lowest BCUT2D eigenvalue weighted by Crippen LogP contribution is -2.64. The number of carbonyl (C=O) groups is 4. The molecule has 2 aliphatic rings. The molecule has 0 aliphatic carbocycles. The Morgan fingerprint density at radius 3 is 1.51 bits per heavy atom. The summed E-state index contributed by atoms with van der Waals surface area (Å²) in [6, 6.07) is -2.41. The molecule has 0 radical (unpaired) electrons. The van der Waals surface area contributed by atoms with Crippen molar-refractivity contribution in [2.24, 2.45) is 0 Å². The van der Waals surface area contributed by atoms with Crippen LogP contribution in [0.1, 0.15) is 59.3 Å². The van der Waals surface area contributed by atoms with Crippen molar-refractivity contribution in [2.45, 2.75) is 127 Å². The van der Waals surface area contributed by atoms with Gasteiger partial charge >= 0.3 is 0 Å². The van der Waals surface area contributed by atoms with Gasteiger partial charge in [-0.15, -0.1) is 0 Å². The molecule has 11 atom stereocenters. The molecule has 47 heavy (non-hydrogen) atoms. The number of rotatable bonds is 19. The summed E-state index contributed by atoms with van der Waals surface area (Å²) in [5, 5.41) is 70.0. The van der Waals surface area contributed by atoms with Crippen molar-refractivity contribution in [3.63, 3.8) is 0 Å². The van der Waals surface area contributed by atoms with Gasteiger partial charge in [-0.05, 0) is 32.6 Å². The van der Waals surface area contributed by atoms with Crippen LogP contribution in [0.15, 0.2) is 0 Å². The van der Waals surface area contributed by atoms with Gasteiger partial charge in [-0.2, -0.15) is 0 Å². The van der Waals surface area contributed by atoms with Gasteiger partial charge in [0.15, 0.2) is 12.6 Å². The van der Waals surface area contributed by atoms with Crippen LogP contribution < -0.4 is 21.3 Å². The number of ether oxygens (including phenoxy) is 4. The molecule has 18 heteroatoms. The molecule has 7 unspecified atom stereocenters. The Bertz CT molecular complexity index is 993. The van der Waals surface area contributed by atoms with Crippen molar-refractivity contribution in [1.82, 2.24) is 21.3 Å². The molecule has 2 aliphatic heterocycles. The molecule has 18 nitrogen and oxygen atoms in total. The number of aliphatic hydroxyl groups excluding tert-OH is 6. The van der Waals surface area contributed by atoms with E-state index in [4.69, 9.17) is 18.9 Å². The van der Waals surface area contributed by atoms with Crippen LogP contribution in [-0.2, 0) is 38.1 Å². The molecule has 10 N–H and O–H groups in total. The zero-order chi connectivity index (χ0) is 35.1. The van der Waals surface area contributed by atoms with E-state index >= 15 is 0 Å². The van der Waals surface area contributed by atoms with Crippen molar-refractivity contribution in [3.05, 3.63) is 0 Å². The van der Waals surface area contributed by atoms with Gasteiger partial charge in [-0.25, -0.2) is 0 Å². The maximum absolute atomic E-state index is 12.3. The lowest BCUT2D eigenvalue weighted by molar-refractivity contribution is -0.270. The third-order valence-electron chi connectivity index (χ3n) is 7.67. The molecule has 2 rings (SSSR count). The van der Waals surface area contributed by atoms with Crippen LogP contribution in [-0.4, -0.2) is 155 Å². The third-order valence-corrected chi connectivity index (χ3v) is 7.67. The van der Waals surface area contributed by atoms with Crippen LogP contribution >= 0.6 is 0 Å². The first-order chi connectivity index (χ1) is 22.3. The summed E-state index contributed by atoms with van der Waals surface area (Å²) in [7, 11) is 0. The fourth-order valence-corrected chi connectivity index (χ4v) is 5.15. The zero-order valence-electron chi connectivity index (χ0n) is 27.1. The van der Waals surface area contributed by atoms with Gasteiger partial charge in [0.2, 0.25) is 23.6 Å². The number of unbranched alkanes of at least 4 members (excludes halogenated alkanes) is 2. The maximum Gasteiger partial charge on any atom is 0.220 e.